The number of carbonyl (C=O) groups excluding carboxylic acids is 1. The van der Waals surface area contributed by atoms with Crippen LogP contribution >= 0.6 is 0 Å². The van der Waals surface area contributed by atoms with Crippen LogP contribution in [0.5, 0.6) is 0 Å². The van der Waals surface area contributed by atoms with Crippen molar-refractivity contribution in [1.82, 2.24) is 20.2 Å². The Hall–Kier alpha value is -2.38. The third-order valence-corrected chi connectivity index (χ3v) is 3.74. The van der Waals surface area contributed by atoms with Gasteiger partial charge in [-0.1, -0.05) is 6.92 Å². The minimum absolute atomic E-state index is 0.159. The van der Waals surface area contributed by atoms with Crippen LogP contribution in [-0.4, -0.2) is 64.7 Å². The molecule has 1 saturated heterocycles. The van der Waals surface area contributed by atoms with Gasteiger partial charge in [0.15, 0.2) is 0 Å². The summed E-state index contributed by atoms with van der Waals surface area (Å²) in [6.07, 6.45) is 3.88. The summed E-state index contributed by atoms with van der Waals surface area (Å²) in [6, 6.07) is 1.55. The molecule has 1 atom stereocenters. The summed E-state index contributed by atoms with van der Waals surface area (Å²) in [5, 5.41) is 11.7. The van der Waals surface area contributed by atoms with Crippen molar-refractivity contribution < 1.29 is 14.7 Å². The van der Waals surface area contributed by atoms with Gasteiger partial charge in [-0.3, -0.25) is 4.79 Å². The highest BCUT2D eigenvalue weighted by Crippen LogP contribution is 2.10. The van der Waals surface area contributed by atoms with Gasteiger partial charge >= 0.3 is 12.0 Å². The highest BCUT2D eigenvalue weighted by Gasteiger charge is 2.23. The van der Waals surface area contributed by atoms with Crippen LogP contribution in [0.2, 0.25) is 0 Å². The Morgan fingerprint density at radius 2 is 1.91 bits per heavy atom. The first-order valence-electron chi connectivity index (χ1n) is 7.39. The van der Waals surface area contributed by atoms with Crippen LogP contribution in [0.1, 0.15) is 13.3 Å². The van der Waals surface area contributed by atoms with Crippen LogP contribution in [0, 0.1) is 5.92 Å². The Bertz CT molecular complexity index is 502. The van der Waals surface area contributed by atoms with E-state index in [2.05, 4.69) is 15.3 Å². The largest absolute Gasteiger partial charge is 0.481 e. The zero-order chi connectivity index (χ0) is 15.9. The summed E-state index contributed by atoms with van der Waals surface area (Å²) in [5.41, 5.74) is 0. The monoisotopic (exact) mass is 307 g/mol. The van der Waals surface area contributed by atoms with Crippen LogP contribution in [0.3, 0.4) is 0 Å². The van der Waals surface area contributed by atoms with E-state index in [-0.39, 0.29) is 12.6 Å². The van der Waals surface area contributed by atoms with Crippen molar-refractivity contribution in [2.75, 3.05) is 37.6 Å². The van der Waals surface area contributed by atoms with Gasteiger partial charge in [-0.2, -0.15) is 0 Å². The number of aliphatic carboxylic acids is 1. The topological polar surface area (TPSA) is 98.7 Å². The lowest BCUT2D eigenvalue weighted by molar-refractivity contribution is -0.141. The number of carbonyl (C=O) groups is 2. The smallest absolute Gasteiger partial charge is 0.317 e. The van der Waals surface area contributed by atoms with Gasteiger partial charge in [-0.25, -0.2) is 14.8 Å². The maximum Gasteiger partial charge on any atom is 0.317 e. The number of nitrogens with one attached hydrogen (secondary N) is 1. The van der Waals surface area contributed by atoms with E-state index in [1.54, 1.807) is 30.3 Å². The van der Waals surface area contributed by atoms with E-state index in [4.69, 9.17) is 5.11 Å². The van der Waals surface area contributed by atoms with E-state index in [0.717, 1.165) is 0 Å². The third-order valence-electron chi connectivity index (χ3n) is 3.74. The molecule has 0 saturated carbocycles. The number of carboxylic acid groups (broad SMARTS) is 1. The highest BCUT2D eigenvalue weighted by molar-refractivity contribution is 5.76. The van der Waals surface area contributed by atoms with Gasteiger partial charge in [0.25, 0.3) is 0 Å². The van der Waals surface area contributed by atoms with Crippen molar-refractivity contribution in [3.63, 3.8) is 0 Å². The molecule has 1 aromatic rings. The normalized spacial score (nSPS) is 16.2. The minimum atomic E-state index is -0.881. The molecule has 0 aliphatic carbocycles. The van der Waals surface area contributed by atoms with Crippen LogP contribution in [0.15, 0.2) is 18.5 Å². The van der Waals surface area contributed by atoms with E-state index in [1.807, 2.05) is 4.90 Å². The summed E-state index contributed by atoms with van der Waals surface area (Å²) in [7, 11) is 0. The SMILES string of the molecule is CCC(CNC(=O)N1CCN(c2ncccn2)CC1)C(=O)O. The lowest BCUT2D eigenvalue weighted by Crippen LogP contribution is -2.53. The third kappa shape index (κ3) is 4.06. The molecule has 1 unspecified atom stereocenters. The molecule has 120 valence electrons. The van der Waals surface area contributed by atoms with Crippen molar-refractivity contribution in [3.8, 4) is 0 Å². The fourth-order valence-electron chi connectivity index (χ4n) is 2.29. The van der Waals surface area contributed by atoms with Crippen molar-refractivity contribution in [2.45, 2.75) is 13.3 Å². The molecule has 0 spiro atoms. The molecule has 2 amide bonds. The zero-order valence-corrected chi connectivity index (χ0v) is 12.6. The molecule has 0 bridgehead atoms. The standard InChI is InChI=1S/C14H21N5O3/c1-2-11(12(20)21)10-17-14(22)19-8-6-18(7-9-19)13-15-4-3-5-16-13/h3-5,11H,2,6-10H2,1H3,(H,17,22)(H,20,21). The summed E-state index contributed by atoms with van der Waals surface area (Å²) >= 11 is 0. The summed E-state index contributed by atoms with van der Waals surface area (Å²) in [5.74, 6) is -0.753. The maximum absolute atomic E-state index is 12.1. The number of urea groups is 1. The number of aromatic nitrogens is 2. The van der Waals surface area contributed by atoms with Crippen LogP contribution in [0.4, 0.5) is 10.7 Å². The molecule has 1 fully saturated rings. The van der Waals surface area contributed by atoms with Gasteiger partial charge in [0, 0.05) is 45.1 Å². The second-order valence-corrected chi connectivity index (χ2v) is 5.15. The van der Waals surface area contributed by atoms with Gasteiger partial charge in [-0.15, -0.1) is 0 Å². The summed E-state index contributed by atoms with van der Waals surface area (Å²) in [4.78, 5) is 35.1. The number of anilines is 1. The first-order valence-corrected chi connectivity index (χ1v) is 7.39. The number of rotatable bonds is 5. The summed E-state index contributed by atoms with van der Waals surface area (Å²) < 4.78 is 0. The van der Waals surface area contributed by atoms with Crippen LogP contribution in [0.25, 0.3) is 0 Å². The predicted octanol–water partition coefficient (Wildman–Crippen LogP) is 0.419. The molecule has 1 aliphatic heterocycles. The van der Waals surface area contributed by atoms with E-state index >= 15 is 0 Å². The Labute approximate surface area is 129 Å². The molecule has 8 heteroatoms. The van der Waals surface area contributed by atoms with E-state index < -0.39 is 11.9 Å². The number of hydrogen-bond donors (Lipinski definition) is 2. The van der Waals surface area contributed by atoms with E-state index in [0.29, 0.717) is 38.5 Å². The lowest BCUT2D eigenvalue weighted by Gasteiger charge is -2.34. The molecule has 0 aromatic carbocycles. The van der Waals surface area contributed by atoms with Crippen LogP contribution in [-0.2, 0) is 4.79 Å². The Morgan fingerprint density at radius 1 is 1.27 bits per heavy atom. The summed E-state index contributed by atoms with van der Waals surface area (Å²) in [6.45, 7) is 4.40. The molecule has 2 heterocycles. The first-order chi connectivity index (χ1) is 10.6. The van der Waals surface area contributed by atoms with Gasteiger partial charge in [0.1, 0.15) is 0 Å². The number of amides is 2. The Morgan fingerprint density at radius 3 is 2.45 bits per heavy atom. The lowest BCUT2D eigenvalue weighted by atomic mass is 10.1. The number of piperazine rings is 1. The van der Waals surface area contributed by atoms with Gasteiger partial charge in [0.2, 0.25) is 5.95 Å². The average molecular weight is 307 g/mol. The van der Waals surface area contributed by atoms with Gasteiger partial charge in [0.05, 0.1) is 5.92 Å². The first kappa shape index (κ1) is 16.0. The van der Waals surface area contributed by atoms with E-state index in [9.17, 15) is 9.59 Å². The minimum Gasteiger partial charge on any atom is -0.481 e. The van der Waals surface area contributed by atoms with Crippen molar-refractivity contribution >= 4 is 17.9 Å². The average Bonchev–Trinajstić information content (AvgIpc) is 2.56. The zero-order valence-electron chi connectivity index (χ0n) is 12.6. The highest BCUT2D eigenvalue weighted by atomic mass is 16.4. The quantitative estimate of drug-likeness (QED) is 0.818. The second kappa shape index (κ2) is 7.58. The van der Waals surface area contributed by atoms with E-state index in [1.165, 1.54) is 0 Å². The molecule has 1 aromatic heterocycles. The predicted molar refractivity (Wildman–Crippen MR) is 80.6 cm³/mol. The molecule has 2 N–H and O–H groups in total. The number of nitrogens with zero attached hydrogens (tertiary/aromatic N) is 4. The fraction of sp³-hybridized carbons (Fsp3) is 0.571. The molecular weight excluding hydrogens is 286 g/mol. The van der Waals surface area contributed by atoms with Gasteiger partial charge in [-0.05, 0) is 12.5 Å². The maximum atomic E-state index is 12.1. The molecule has 8 nitrogen and oxygen atoms in total. The van der Waals surface area contributed by atoms with Crippen molar-refractivity contribution in [3.05, 3.63) is 18.5 Å². The Kier molecular flexibility index (Phi) is 5.51. The fourth-order valence-corrected chi connectivity index (χ4v) is 2.29. The number of hydrogen-bond acceptors (Lipinski definition) is 5. The van der Waals surface area contributed by atoms with Crippen molar-refractivity contribution in [1.29, 1.82) is 0 Å². The molecule has 0 radical (unpaired) electrons. The number of carboxylic acids is 1. The van der Waals surface area contributed by atoms with Gasteiger partial charge < -0.3 is 20.2 Å². The molecule has 22 heavy (non-hydrogen) atoms. The van der Waals surface area contributed by atoms with Crippen molar-refractivity contribution in [2.24, 2.45) is 5.92 Å². The molecule has 1 aliphatic rings. The molecule has 2 rings (SSSR count). The molecular formula is C14H21N5O3. The Balaban J connectivity index is 1.79. The second-order valence-electron chi connectivity index (χ2n) is 5.15. The van der Waals surface area contributed by atoms with Crippen LogP contribution < -0.4 is 10.2 Å².